The maximum Gasteiger partial charge on any atom is 0.337 e. The highest BCUT2D eigenvalue weighted by Gasteiger charge is 2.44. The second-order valence-electron chi connectivity index (χ2n) is 10.1. The summed E-state index contributed by atoms with van der Waals surface area (Å²) >= 11 is 0. The molecule has 0 unspecified atom stereocenters. The minimum Gasteiger partial charge on any atom is -0.491 e. The van der Waals surface area contributed by atoms with Gasteiger partial charge >= 0.3 is 5.97 Å². The van der Waals surface area contributed by atoms with E-state index in [0.29, 0.717) is 49.9 Å². The minimum absolute atomic E-state index is 0.0389. The topological polar surface area (TPSA) is 112 Å². The molecule has 2 aromatic carbocycles. The van der Waals surface area contributed by atoms with Gasteiger partial charge in [-0.15, -0.1) is 0 Å². The van der Waals surface area contributed by atoms with Crippen molar-refractivity contribution in [2.75, 3.05) is 44.0 Å². The average molecular weight is 579 g/mol. The summed E-state index contributed by atoms with van der Waals surface area (Å²) in [6.45, 7) is 4.06. The van der Waals surface area contributed by atoms with Crippen LogP contribution in [0, 0.1) is 24.5 Å². The van der Waals surface area contributed by atoms with Gasteiger partial charge in [0.05, 0.1) is 38.1 Å². The molecular formula is C30H32F2N6O4. The van der Waals surface area contributed by atoms with Crippen molar-refractivity contribution in [1.82, 2.24) is 19.7 Å². The zero-order valence-electron chi connectivity index (χ0n) is 23.3. The van der Waals surface area contributed by atoms with Crippen molar-refractivity contribution in [3.8, 4) is 5.75 Å². The van der Waals surface area contributed by atoms with Gasteiger partial charge < -0.3 is 24.8 Å². The van der Waals surface area contributed by atoms with Crippen LogP contribution in [0.3, 0.4) is 0 Å². The second kappa shape index (κ2) is 12.9. The first-order valence-corrected chi connectivity index (χ1v) is 13.5. The van der Waals surface area contributed by atoms with Crippen LogP contribution >= 0.6 is 0 Å². The number of benzene rings is 2. The highest BCUT2D eigenvalue weighted by molar-refractivity contribution is 5.89. The van der Waals surface area contributed by atoms with E-state index in [-0.39, 0.29) is 24.0 Å². The molecule has 0 aliphatic carbocycles. The predicted molar refractivity (Wildman–Crippen MR) is 151 cm³/mol. The molecule has 5 rings (SSSR count). The van der Waals surface area contributed by atoms with Gasteiger partial charge in [0.15, 0.2) is 0 Å². The zero-order valence-corrected chi connectivity index (χ0v) is 23.3. The molecule has 2 atom stereocenters. The molecule has 1 aliphatic heterocycles. The number of methoxy groups -OCH3 is 1. The lowest BCUT2D eigenvalue weighted by Crippen LogP contribution is -2.32. The van der Waals surface area contributed by atoms with Crippen LogP contribution in [0.1, 0.15) is 28.0 Å². The first-order chi connectivity index (χ1) is 20.3. The Labute approximate surface area is 242 Å². The molecule has 3 heterocycles. The summed E-state index contributed by atoms with van der Waals surface area (Å²) in [4.78, 5) is 20.1. The molecule has 10 nitrogen and oxygen atoms in total. The first-order valence-electron chi connectivity index (χ1n) is 13.5. The van der Waals surface area contributed by atoms with Gasteiger partial charge in [-0.1, -0.05) is 6.07 Å². The van der Waals surface area contributed by atoms with Crippen LogP contribution in [0.15, 0.2) is 67.3 Å². The summed E-state index contributed by atoms with van der Waals surface area (Å²) in [5.74, 6) is -0.356. The molecule has 12 heteroatoms. The second-order valence-corrected chi connectivity index (χ2v) is 10.1. The number of anilines is 2. The molecule has 42 heavy (non-hydrogen) atoms. The molecular weight excluding hydrogens is 546 g/mol. The number of esters is 1. The van der Waals surface area contributed by atoms with Gasteiger partial charge in [-0.3, -0.25) is 0 Å². The van der Waals surface area contributed by atoms with Crippen molar-refractivity contribution in [2.24, 2.45) is 5.92 Å². The lowest BCUT2D eigenvalue weighted by molar-refractivity contribution is -0.0206. The number of carbonyl (C=O) groups excluding carboxylic acids is 1. The molecule has 0 spiro atoms. The van der Waals surface area contributed by atoms with E-state index in [0.717, 1.165) is 17.4 Å². The van der Waals surface area contributed by atoms with Gasteiger partial charge in [0.2, 0.25) is 0 Å². The molecule has 220 valence electrons. The van der Waals surface area contributed by atoms with E-state index >= 15 is 0 Å². The SMILES string of the molecule is COC(=O)c1ccc(NCCNc2ccc(OC[C@@H]3CO[C@@](Cn4cncn4)(c4ccc(F)cc4F)C3)c(C)n2)cc1. The number of halogens is 2. The van der Waals surface area contributed by atoms with E-state index in [9.17, 15) is 13.6 Å². The van der Waals surface area contributed by atoms with E-state index in [4.69, 9.17) is 14.2 Å². The molecule has 0 amide bonds. The monoisotopic (exact) mass is 578 g/mol. The van der Waals surface area contributed by atoms with Crippen molar-refractivity contribution in [1.29, 1.82) is 0 Å². The third kappa shape index (κ3) is 6.82. The van der Waals surface area contributed by atoms with Gasteiger partial charge in [0, 0.05) is 36.3 Å². The average Bonchev–Trinajstić information content (AvgIpc) is 3.65. The van der Waals surface area contributed by atoms with Crippen LogP contribution < -0.4 is 15.4 Å². The van der Waals surface area contributed by atoms with E-state index in [1.165, 1.54) is 25.6 Å². The number of aryl methyl sites for hydroxylation is 1. The van der Waals surface area contributed by atoms with E-state index in [1.807, 2.05) is 31.2 Å². The highest BCUT2D eigenvalue weighted by atomic mass is 19.1. The number of pyridine rings is 1. The summed E-state index contributed by atoms with van der Waals surface area (Å²) in [5, 5.41) is 10.7. The van der Waals surface area contributed by atoms with Crippen molar-refractivity contribution in [3.63, 3.8) is 0 Å². The Kier molecular flexibility index (Phi) is 8.91. The third-order valence-corrected chi connectivity index (χ3v) is 7.10. The summed E-state index contributed by atoms with van der Waals surface area (Å²) in [6, 6.07) is 14.3. The van der Waals surface area contributed by atoms with Gasteiger partial charge in [-0.2, -0.15) is 5.10 Å². The Balaban J connectivity index is 1.13. The number of carbonyl (C=O) groups is 1. The van der Waals surface area contributed by atoms with Gasteiger partial charge in [0.25, 0.3) is 0 Å². The number of rotatable bonds is 12. The van der Waals surface area contributed by atoms with Crippen molar-refractivity contribution >= 4 is 17.5 Å². The summed E-state index contributed by atoms with van der Waals surface area (Å²) in [7, 11) is 1.35. The molecule has 2 N–H and O–H groups in total. The lowest BCUT2D eigenvalue weighted by Gasteiger charge is -2.29. The normalized spacial score (nSPS) is 18.0. The third-order valence-electron chi connectivity index (χ3n) is 7.10. The van der Waals surface area contributed by atoms with Crippen molar-refractivity contribution < 1.29 is 27.8 Å². The van der Waals surface area contributed by atoms with Gasteiger partial charge in [-0.05, 0) is 55.8 Å². The summed E-state index contributed by atoms with van der Waals surface area (Å²) < 4.78 is 47.1. The molecule has 0 saturated carbocycles. The Morgan fingerprint density at radius 1 is 1.12 bits per heavy atom. The Bertz CT molecular complexity index is 1500. The van der Waals surface area contributed by atoms with Crippen LogP contribution in [0.2, 0.25) is 0 Å². The van der Waals surface area contributed by atoms with Crippen LogP contribution in [0.5, 0.6) is 5.75 Å². The largest absolute Gasteiger partial charge is 0.491 e. The molecule has 1 fully saturated rings. The molecule has 0 radical (unpaired) electrons. The highest BCUT2D eigenvalue weighted by Crippen LogP contribution is 2.42. The van der Waals surface area contributed by atoms with Crippen LogP contribution in [0.4, 0.5) is 20.3 Å². The van der Waals surface area contributed by atoms with Crippen LogP contribution in [0.25, 0.3) is 0 Å². The van der Waals surface area contributed by atoms with Crippen molar-refractivity contribution in [2.45, 2.75) is 25.5 Å². The number of ether oxygens (including phenoxy) is 3. The summed E-state index contributed by atoms with van der Waals surface area (Å²) in [5.41, 5.74) is 1.36. The lowest BCUT2D eigenvalue weighted by atomic mass is 9.87. The fourth-order valence-electron chi connectivity index (χ4n) is 5.03. The van der Waals surface area contributed by atoms with Crippen LogP contribution in [-0.4, -0.2) is 59.1 Å². The molecule has 2 aromatic heterocycles. The first kappa shape index (κ1) is 28.9. The number of aromatic nitrogens is 4. The van der Waals surface area contributed by atoms with Crippen LogP contribution in [-0.2, 0) is 21.6 Å². The molecule has 0 bridgehead atoms. The molecule has 1 aliphatic rings. The fourth-order valence-corrected chi connectivity index (χ4v) is 5.03. The maximum absolute atomic E-state index is 14.9. The van der Waals surface area contributed by atoms with E-state index in [2.05, 4.69) is 25.7 Å². The Morgan fingerprint density at radius 3 is 2.64 bits per heavy atom. The smallest absolute Gasteiger partial charge is 0.337 e. The zero-order chi connectivity index (χ0) is 29.5. The maximum atomic E-state index is 14.9. The Hall–Kier alpha value is -4.58. The van der Waals surface area contributed by atoms with Gasteiger partial charge in [-0.25, -0.2) is 28.2 Å². The number of nitrogens with zero attached hydrogens (tertiary/aromatic N) is 4. The fraction of sp³-hybridized carbons (Fsp3) is 0.333. The number of hydrogen-bond acceptors (Lipinski definition) is 9. The van der Waals surface area contributed by atoms with E-state index < -0.39 is 17.2 Å². The predicted octanol–water partition coefficient (Wildman–Crippen LogP) is 4.58. The Morgan fingerprint density at radius 2 is 1.93 bits per heavy atom. The quantitative estimate of drug-likeness (QED) is 0.184. The molecule has 1 saturated heterocycles. The summed E-state index contributed by atoms with van der Waals surface area (Å²) in [6.07, 6.45) is 3.40. The number of nitrogens with one attached hydrogen (secondary N) is 2. The van der Waals surface area contributed by atoms with Gasteiger partial charge in [0.1, 0.15) is 41.5 Å². The van der Waals surface area contributed by atoms with Crippen molar-refractivity contribution in [3.05, 3.63) is 95.7 Å². The van der Waals surface area contributed by atoms with E-state index in [1.54, 1.807) is 23.1 Å². The minimum atomic E-state index is -1.03. The number of hydrogen-bond donors (Lipinski definition) is 2. The standard InChI is InChI=1S/C30H32F2N6O4/c1-20-27(9-10-28(37-20)35-12-11-34-24-6-3-22(4-7-24)29(39)40-2)41-15-21-14-30(42-16-21,17-38-19-33-18-36-38)25-8-5-23(31)13-26(25)32/h3-10,13,18-19,21,34H,11-12,14-17H2,1-2H3,(H,35,37)/t21-,30+/m1/s1. The molecule has 4 aromatic rings.